The van der Waals surface area contributed by atoms with Gasteiger partial charge in [0.1, 0.15) is 28.3 Å². The minimum Gasteiger partial charge on any atom is -0.480 e. The summed E-state index contributed by atoms with van der Waals surface area (Å²) in [5.41, 5.74) is -3.97. The number of ether oxygens (including phenoxy) is 2. The number of carbonyl (C=O) groups excluding carboxylic acids is 4. The van der Waals surface area contributed by atoms with Gasteiger partial charge >= 0.3 is 35.8 Å². The number of carboxylic acid groups (broad SMARTS) is 4. The summed E-state index contributed by atoms with van der Waals surface area (Å²) >= 11 is 0. The smallest absolute Gasteiger partial charge is 0.325 e. The summed E-state index contributed by atoms with van der Waals surface area (Å²) in [7, 11) is 0. The zero-order chi connectivity index (χ0) is 53.8. The molecule has 4 atom stereocenters. The predicted molar refractivity (Wildman–Crippen MR) is 257 cm³/mol. The summed E-state index contributed by atoms with van der Waals surface area (Å²) in [4.78, 5) is 107. The van der Waals surface area contributed by atoms with E-state index in [0.717, 1.165) is 4.90 Å². The molecule has 0 radical (unpaired) electrons. The van der Waals surface area contributed by atoms with Gasteiger partial charge in [0.15, 0.2) is 0 Å². The first-order valence-electron chi connectivity index (χ1n) is 23.6. The molecule has 0 aromatic carbocycles. The lowest BCUT2D eigenvalue weighted by molar-refractivity contribution is -0.226. The van der Waals surface area contributed by atoms with Gasteiger partial charge in [0, 0.05) is 19.5 Å². The Morgan fingerprint density at radius 2 is 1.03 bits per heavy atom. The maximum atomic E-state index is 14.5. The first-order chi connectivity index (χ1) is 30.4. The van der Waals surface area contributed by atoms with Crippen LogP contribution in [0.3, 0.4) is 0 Å². The van der Waals surface area contributed by atoms with Gasteiger partial charge in [0.05, 0.1) is 25.7 Å². The number of rotatable bonds is 26. The summed E-state index contributed by atoms with van der Waals surface area (Å²) in [5.74, 6) is -8.53. The van der Waals surface area contributed by atoms with Gasteiger partial charge in [-0.1, -0.05) is 83.1 Å². The Morgan fingerprint density at radius 3 is 1.41 bits per heavy atom. The SMILES string of the molecule is CC(C)(C)OC(=O)CN(CC(=O)O)C(CCCCNC(=O)CCC(N)C(=O)NCCCC(C(C)(C)C)C(C(=O)O)(N(CC(=O)OC(C)(C)C)C(C(=O)O)(C(C)(C)C)C(C)(C)C)C(C)(C)C)C(=O)O. The van der Waals surface area contributed by atoms with E-state index in [0.29, 0.717) is 6.42 Å². The van der Waals surface area contributed by atoms with Crippen LogP contribution in [0.4, 0.5) is 0 Å². The molecule has 19 nitrogen and oxygen atoms in total. The Balaban J connectivity index is 6.24. The summed E-state index contributed by atoms with van der Waals surface area (Å²) in [6.45, 7) is 29.5. The highest BCUT2D eigenvalue weighted by molar-refractivity contribution is 5.88. The molecule has 8 N–H and O–H groups in total. The second-order valence-corrected chi connectivity index (χ2v) is 24.1. The van der Waals surface area contributed by atoms with E-state index in [9.17, 15) is 58.8 Å². The number of aliphatic carboxylic acids is 4. The molecule has 0 saturated heterocycles. The van der Waals surface area contributed by atoms with E-state index < -0.39 is 129 Å². The van der Waals surface area contributed by atoms with Gasteiger partial charge in [-0.2, -0.15) is 0 Å². The van der Waals surface area contributed by atoms with Crippen LogP contribution < -0.4 is 16.4 Å². The molecular weight excluding hydrogens is 883 g/mol. The van der Waals surface area contributed by atoms with E-state index in [-0.39, 0.29) is 51.6 Å². The Hall–Kier alpha value is -4.36. The number of amides is 2. The lowest BCUT2D eigenvalue weighted by Crippen LogP contribution is -2.81. The molecule has 0 aliphatic heterocycles. The molecule has 0 rings (SSSR count). The molecule has 0 heterocycles. The number of nitrogens with two attached hydrogens (primary N) is 1. The second-order valence-electron chi connectivity index (χ2n) is 24.1. The first kappa shape index (κ1) is 63.6. The van der Waals surface area contributed by atoms with E-state index in [2.05, 4.69) is 10.6 Å². The van der Waals surface area contributed by atoms with E-state index in [1.807, 2.05) is 20.8 Å². The third-order valence-corrected chi connectivity index (χ3v) is 12.1. The molecule has 0 aliphatic carbocycles. The molecule has 2 amide bonds. The number of nitrogens with one attached hydrogen (secondary N) is 2. The lowest BCUT2D eigenvalue weighted by Gasteiger charge is -2.66. The highest BCUT2D eigenvalue weighted by Crippen LogP contribution is 2.59. The van der Waals surface area contributed by atoms with E-state index in [1.54, 1.807) is 104 Å². The van der Waals surface area contributed by atoms with Crippen LogP contribution in [0.5, 0.6) is 0 Å². The van der Waals surface area contributed by atoms with Crippen molar-refractivity contribution in [3.05, 3.63) is 0 Å². The molecule has 394 valence electrons. The molecule has 0 bridgehead atoms. The van der Waals surface area contributed by atoms with E-state index in [4.69, 9.17) is 15.2 Å². The Bertz CT molecular complexity index is 1740. The van der Waals surface area contributed by atoms with Crippen LogP contribution in [0.15, 0.2) is 0 Å². The van der Waals surface area contributed by atoms with Gasteiger partial charge in [-0.15, -0.1) is 0 Å². The first-order valence-corrected chi connectivity index (χ1v) is 23.6. The molecule has 0 saturated carbocycles. The predicted octanol–water partition coefficient (Wildman–Crippen LogP) is 5.55. The number of esters is 2. The van der Waals surface area contributed by atoms with Crippen molar-refractivity contribution in [2.75, 3.05) is 32.7 Å². The summed E-state index contributed by atoms with van der Waals surface area (Å²) < 4.78 is 11.0. The van der Waals surface area contributed by atoms with Gasteiger partial charge in [0.2, 0.25) is 11.8 Å². The van der Waals surface area contributed by atoms with E-state index in [1.165, 1.54) is 4.90 Å². The van der Waals surface area contributed by atoms with Gasteiger partial charge in [-0.05, 0) is 108 Å². The maximum absolute atomic E-state index is 14.5. The number of nitrogens with zero attached hydrogens (tertiary/aromatic N) is 2. The van der Waals surface area contributed by atoms with E-state index >= 15 is 0 Å². The van der Waals surface area contributed by atoms with Crippen molar-refractivity contribution >= 4 is 47.6 Å². The van der Waals surface area contributed by atoms with Crippen LogP contribution in [-0.2, 0) is 47.8 Å². The molecular formula is C49H89N5O14. The Labute approximate surface area is 405 Å². The van der Waals surface area contributed by atoms with Crippen molar-refractivity contribution in [1.29, 1.82) is 0 Å². The third-order valence-electron chi connectivity index (χ3n) is 12.1. The minimum absolute atomic E-state index is 0.00237. The van der Waals surface area contributed by atoms with Crippen molar-refractivity contribution in [3.63, 3.8) is 0 Å². The van der Waals surface area contributed by atoms with Crippen molar-refractivity contribution < 1.29 is 68.3 Å². The quantitative estimate of drug-likeness (QED) is 0.0413. The Kier molecular flexibility index (Phi) is 22.9. The van der Waals surface area contributed by atoms with Gasteiger partial charge in [0.25, 0.3) is 0 Å². The van der Waals surface area contributed by atoms with Gasteiger partial charge in [-0.25, -0.2) is 0 Å². The fraction of sp³-hybridized carbons (Fsp3) is 0.837. The minimum atomic E-state index is -2.03. The average Bonchev–Trinajstić information content (AvgIpc) is 3.08. The van der Waals surface area contributed by atoms with Crippen LogP contribution in [0, 0.1) is 27.6 Å². The van der Waals surface area contributed by atoms with Crippen molar-refractivity contribution in [2.24, 2.45) is 33.3 Å². The maximum Gasteiger partial charge on any atom is 0.325 e. The zero-order valence-electron chi connectivity index (χ0n) is 44.6. The zero-order valence-corrected chi connectivity index (χ0v) is 44.6. The highest BCUT2D eigenvalue weighted by atomic mass is 16.6. The standard InChI is InChI=1S/C49H89N5O14/c1-42(2,3)33(48(40(63)64,43(4,5)6)54(30-37(59)68-47(16,17)18)49(41(65)66,44(7,8)9)45(10,11)12)23-21-27-52-38(60)31(50)24-25-34(55)51-26-20-19-22-32(39(61)62)53(28-35(56)57)29-36(58)67-46(13,14)15/h31-33H,19-30,50H2,1-18H3,(H,51,55)(H,52,60)(H,56,57)(H,61,62)(H,63,64)(H,65,66). The van der Waals surface area contributed by atoms with Crippen LogP contribution >= 0.6 is 0 Å². The topological polar surface area (TPSA) is 292 Å². The van der Waals surface area contributed by atoms with Gasteiger partial charge in [-0.3, -0.25) is 48.2 Å². The number of hydrogen-bond acceptors (Lipinski definition) is 13. The highest BCUT2D eigenvalue weighted by Gasteiger charge is 2.72. The van der Waals surface area contributed by atoms with Crippen molar-refractivity contribution in [2.45, 2.75) is 204 Å². The van der Waals surface area contributed by atoms with Crippen LogP contribution in [0.25, 0.3) is 0 Å². The fourth-order valence-corrected chi connectivity index (χ4v) is 9.97. The molecule has 68 heavy (non-hydrogen) atoms. The molecule has 0 fully saturated rings. The average molecular weight is 972 g/mol. The van der Waals surface area contributed by atoms with Crippen LogP contribution in [0.1, 0.15) is 170 Å². The summed E-state index contributed by atoms with van der Waals surface area (Å²) in [6.07, 6.45) is 0.917. The van der Waals surface area contributed by atoms with Crippen molar-refractivity contribution in [1.82, 2.24) is 20.4 Å². The van der Waals surface area contributed by atoms with Gasteiger partial charge < -0.3 is 46.3 Å². The van der Waals surface area contributed by atoms with Crippen LogP contribution in [-0.4, -0.2) is 145 Å². The second kappa shape index (κ2) is 24.5. The number of unbranched alkanes of at least 4 members (excludes halogenated alkanes) is 1. The third kappa shape index (κ3) is 17.9. The molecule has 0 spiro atoms. The van der Waals surface area contributed by atoms with Crippen molar-refractivity contribution in [3.8, 4) is 0 Å². The molecule has 19 heteroatoms. The molecule has 0 aromatic heterocycles. The number of hydrogen-bond donors (Lipinski definition) is 7. The fourth-order valence-electron chi connectivity index (χ4n) is 9.97. The summed E-state index contributed by atoms with van der Waals surface area (Å²) in [5, 5.41) is 47.9. The monoisotopic (exact) mass is 972 g/mol. The number of carbonyl (C=O) groups is 8. The summed E-state index contributed by atoms with van der Waals surface area (Å²) in [6, 6.07) is -2.37. The normalized spacial score (nSPS) is 15.4. The number of carboxylic acids is 4. The Morgan fingerprint density at radius 1 is 0.559 bits per heavy atom. The molecule has 4 unspecified atom stereocenters. The largest absolute Gasteiger partial charge is 0.480 e. The van der Waals surface area contributed by atoms with Crippen LogP contribution in [0.2, 0.25) is 0 Å². The molecule has 0 aliphatic rings. The lowest BCUT2D eigenvalue weighted by atomic mass is 9.51. The molecule has 0 aromatic rings.